The molecule has 2 aromatic heterocycles. The Hall–Kier alpha value is -4.15. The van der Waals surface area contributed by atoms with Crippen molar-refractivity contribution in [3.8, 4) is 12.1 Å². The Balaban J connectivity index is 1.64. The first kappa shape index (κ1) is 25.0. The number of nitrogens with zero attached hydrogens (tertiary/aromatic N) is 4. The molecule has 0 saturated carbocycles. The zero-order valence-corrected chi connectivity index (χ0v) is 20.4. The van der Waals surface area contributed by atoms with E-state index >= 15 is 0 Å². The molecule has 0 spiro atoms. The zero-order valence-electron chi connectivity index (χ0n) is 19.6. The molecular formula is C27H24N4O4S. The first-order valence-electron chi connectivity index (χ1n) is 11.2. The number of aromatic nitrogens is 1. The fourth-order valence-corrected chi connectivity index (χ4v) is 5.43. The molecule has 8 nitrogen and oxygen atoms in total. The summed E-state index contributed by atoms with van der Waals surface area (Å²) in [5.74, 6) is 0.456. The SMILES string of the molecule is Cc1ccc(S(=O)(=O)N(Cc2ccco2)C[C@@H](O)Cn2cc(C=C(C#N)C#N)c3ccccc32)cc1. The van der Waals surface area contributed by atoms with E-state index < -0.39 is 16.1 Å². The molecule has 0 aliphatic rings. The van der Waals surface area contributed by atoms with E-state index in [2.05, 4.69) is 0 Å². The standard InChI is InChI=1S/C27H24N4O4S/c1-20-8-10-25(11-9-20)36(33,34)31(19-24-5-4-12-35-24)18-23(32)17-30-16-22(13-21(14-28)15-29)26-6-2-3-7-27(26)30/h2-13,16,23,32H,17-19H2,1H3/t23-/m0/s1. The van der Waals surface area contributed by atoms with Crippen LogP contribution in [0.3, 0.4) is 0 Å². The lowest BCUT2D eigenvalue weighted by Gasteiger charge is -2.24. The largest absolute Gasteiger partial charge is 0.468 e. The molecule has 9 heteroatoms. The molecule has 0 bridgehead atoms. The normalized spacial score (nSPS) is 12.2. The lowest BCUT2D eigenvalue weighted by molar-refractivity contribution is 0.125. The molecule has 2 aromatic carbocycles. The molecular weight excluding hydrogens is 476 g/mol. The first-order chi connectivity index (χ1) is 17.3. The summed E-state index contributed by atoms with van der Waals surface area (Å²) in [5, 5.41) is 30.1. The number of hydrogen-bond acceptors (Lipinski definition) is 6. The minimum absolute atomic E-state index is 0.0334. The predicted octanol–water partition coefficient (Wildman–Crippen LogP) is 4.23. The Kier molecular flexibility index (Phi) is 7.37. The van der Waals surface area contributed by atoms with E-state index in [0.717, 1.165) is 16.5 Å². The maximum atomic E-state index is 13.5. The van der Waals surface area contributed by atoms with Gasteiger partial charge in [0.15, 0.2) is 0 Å². The van der Waals surface area contributed by atoms with Gasteiger partial charge in [-0.1, -0.05) is 35.9 Å². The van der Waals surface area contributed by atoms with Crippen LogP contribution in [0.15, 0.2) is 88.0 Å². The number of para-hydroxylation sites is 1. The van der Waals surface area contributed by atoms with Crippen molar-refractivity contribution < 1.29 is 17.9 Å². The topological polar surface area (TPSA) is 123 Å². The molecule has 4 aromatic rings. The third-order valence-electron chi connectivity index (χ3n) is 5.75. The van der Waals surface area contributed by atoms with Crippen molar-refractivity contribution in [3.05, 3.63) is 95.6 Å². The van der Waals surface area contributed by atoms with Crippen LogP contribution in [-0.4, -0.2) is 35.0 Å². The van der Waals surface area contributed by atoms with Gasteiger partial charge >= 0.3 is 0 Å². The molecule has 0 unspecified atom stereocenters. The molecule has 2 heterocycles. The number of allylic oxidation sites excluding steroid dienone is 1. The van der Waals surface area contributed by atoms with Crippen LogP contribution in [-0.2, 0) is 23.1 Å². The number of aliphatic hydroxyl groups is 1. The lowest BCUT2D eigenvalue weighted by atomic mass is 10.1. The second-order valence-electron chi connectivity index (χ2n) is 8.38. The predicted molar refractivity (Wildman–Crippen MR) is 135 cm³/mol. The van der Waals surface area contributed by atoms with E-state index in [9.17, 15) is 13.5 Å². The Morgan fingerprint density at radius 1 is 1.11 bits per heavy atom. The van der Waals surface area contributed by atoms with Gasteiger partial charge in [-0.3, -0.25) is 0 Å². The van der Waals surface area contributed by atoms with E-state index in [1.807, 2.05) is 43.3 Å². The molecule has 0 fully saturated rings. The van der Waals surface area contributed by atoms with Crippen molar-refractivity contribution in [1.29, 1.82) is 10.5 Å². The van der Waals surface area contributed by atoms with E-state index in [0.29, 0.717) is 11.3 Å². The van der Waals surface area contributed by atoms with Gasteiger partial charge in [-0.2, -0.15) is 14.8 Å². The summed E-state index contributed by atoms with van der Waals surface area (Å²) in [6.45, 7) is 1.77. The lowest BCUT2D eigenvalue weighted by Crippen LogP contribution is -2.38. The van der Waals surface area contributed by atoms with Crippen molar-refractivity contribution in [2.24, 2.45) is 0 Å². The number of aliphatic hydroxyl groups excluding tert-OH is 1. The van der Waals surface area contributed by atoms with Crippen molar-refractivity contribution in [2.75, 3.05) is 6.54 Å². The summed E-state index contributed by atoms with van der Waals surface area (Å²) < 4.78 is 35.3. The molecule has 0 radical (unpaired) electrons. The number of nitriles is 2. The van der Waals surface area contributed by atoms with E-state index in [4.69, 9.17) is 14.9 Å². The Labute approximate surface area is 209 Å². The van der Waals surface area contributed by atoms with Gasteiger partial charge in [-0.15, -0.1) is 0 Å². The quantitative estimate of drug-likeness (QED) is 0.343. The van der Waals surface area contributed by atoms with Crippen LogP contribution in [0.1, 0.15) is 16.9 Å². The average molecular weight is 501 g/mol. The summed E-state index contributed by atoms with van der Waals surface area (Å²) in [6.07, 6.45) is 3.66. The van der Waals surface area contributed by atoms with Crippen LogP contribution in [0, 0.1) is 29.6 Å². The summed E-state index contributed by atoms with van der Waals surface area (Å²) in [4.78, 5) is 0.131. The number of furan rings is 1. The second kappa shape index (κ2) is 10.6. The van der Waals surface area contributed by atoms with Crippen molar-refractivity contribution in [3.63, 3.8) is 0 Å². The molecule has 0 saturated heterocycles. The van der Waals surface area contributed by atoms with Gasteiger partial charge < -0.3 is 14.1 Å². The second-order valence-corrected chi connectivity index (χ2v) is 10.3. The van der Waals surface area contributed by atoms with Gasteiger partial charge in [-0.05, 0) is 43.3 Å². The maximum absolute atomic E-state index is 13.5. The van der Waals surface area contributed by atoms with Crippen LogP contribution < -0.4 is 0 Å². The fourth-order valence-electron chi connectivity index (χ4n) is 3.99. The minimum Gasteiger partial charge on any atom is -0.468 e. The zero-order chi connectivity index (χ0) is 25.7. The number of hydrogen-bond donors (Lipinski definition) is 1. The third-order valence-corrected chi connectivity index (χ3v) is 7.58. The molecule has 182 valence electrons. The number of benzene rings is 2. The summed E-state index contributed by atoms with van der Waals surface area (Å²) in [5.41, 5.74) is 2.35. The van der Waals surface area contributed by atoms with Crippen LogP contribution in [0.4, 0.5) is 0 Å². The molecule has 1 N–H and O–H groups in total. The molecule has 0 aliphatic heterocycles. The molecule has 4 rings (SSSR count). The third kappa shape index (κ3) is 5.40. The number of fused-ring (bicyclic) bond motifs is 1. The molecule has 36 heavy (non-hydrogen) atoms. The highest BCUT2D eigenvalue weighted by molar-refractivity contribution is 7.89. The number of rotatable bonds is 9. The molecule has 1 atom stereocenters. The highest BCUT2D eigenvalue weighted by Gasteiger charge is 2.28. The minimum atomic E-state index is -3.92. The first-order valence-corrected chi connectivity index (χ1v) is 12.6. The summed E-state index contributed by atoms with van der Waals surface area (Å²) in [7, 11) is -3.92. The van der Waals surface area contributed by atoms with E-state index in [1.165, 1.54) is 16.6 Å². The monoisotopic (exact) mass is 500 g/mol. The smallest absolute Gasteiger partial charge is 0.243 e. The average Bonchev–Trinajstić information content (AvgIpc) is 3.50. The van der Waals surface area contributed by atoms with Gasteiger partial charge in [0.05, 0.1) is 23.8 Å². The van der Waals surface area contributed by atoms with Gasteiger partial charge in [0.25, 0.3) is 0 Å². The molecule has 0 aliphatic carbocycles. The van der Waals surface area contributed by atoms with Gasteiger partial charge in [0.2, 0.25) is 10.0 Å². The number of aryl methyl sites for hydroxylation is 1. The van der Waals surface area contributed by atoms with Gasteiger partial charge in [0, 0.05) is 35.8 Å². The summed E-state index contributed by atoms with van der Waals surface area (Å²) in [6, 6.07) is 21.0. The highest BCUT2D eigenvalue weighted by atomic mass is 32.2. The highest BCUT2D eigenvalue weighted by Crippen LogP contribution is 2.25. The Bertz CT molecular complexity index is 1560. The van der Waals surface area contributed by atoms with Crippen molar-refractivity contribution >= 4 is 27.0 Å². The molecule has 0 amide bonds. The maximum Gasteiger partial charge on any atom is 0.243 e. The van der Waals surface area contributed by atoms with E-state index in [-0.39, 0.29) is 30.1 Å². The van der Waals surface area contributed by atoms with E-state index in [1.54, 1.807) is 47.2 Å². The van der Waals surface area contributed by atoms with Crippen LogP contribution in [0.2, 0.25) is 0 Å². The van der Waals surface area contributed by atoms with Crippen LogP contribution in [0.5, 0.6) is 0 Å². The fraction of sp³-hybridized carbons (Fsp3) is 0.185. The Morgan fingerprint density at radius 3 is 2.50 bits per heavy atom. The van der Waals surface area contributed by atoms with Gasteiger partial charge in [-0.25, -0.2) is 8.42 Å². The number of sulfonamides is 1. The summed E-state index contributed by atoms with van der Waals surface area (Å²) >= 11 is 0. The van der Waals surface area contributed by atoms with Gasteiger partial charge in [0.1, 0.15) is 23.5 Å². The van der Waals surface area contributed by atoms with Crippen molar-refractivity contribution in [2.45, 2.75) is 31.0 Å². The Morgan fingerprint density at radius 2 is 1.83 bits per heavy atom. The van der Waals surface area contributed by atoms with Crippen LogP contribution in [0.25, 0.3) is 17.0 Å². The van der Waals surface area contributed by atoms with Crippen molar-refractivity contribution in [1.82, 2.24) is 8.87 Å². The van der Waals surface area contributed by atoms with Crippen LogP contribution >= 0.6 is 0 Å².